The van der Waals surface area contributed by atoms with Crippen LogP contribution in [0.1, 0.15) is 31.4 Å². The molecular weight excluding hydrogens is 304 g/mol. The van der Waals surface area contributed by atoms with Crippen LogP contribution in [-0.2, 0) is 6.42 Å². The summed E-state index contributed by atoms with van der Waals surface area (Å²) >= 11 is 1.69. The summed E-state index contributed by atoms with van der Waals surface area (Å²) in [5, 5.41) is 3.20. The highest BCUT2D eigenvalue weighted by Crippen LogP contribution is 2.23. The van der Waals surface area contributed by atoms with E-state index in [1.807, 2.05) is 18.2 Å². The molecule has 122 valence electrons. The van der Waals surface area contributed by atoms with E-state index in [1.54, 1.807) is 11.3 Å². The van der Waals surface area contributed by atoms with Gasteiger partial charge >= 0.3 is 0 Å². The molecule has 2 aromatic rings. The largest absolute Gasteiger partial charge is 0.370 e. The first-order valence-corrected chi connectivity index (χ1v) is 9.25. The molecule has 5 heteroatoms. The third-order valence-electron chi connectivity index (χ3n) is 4.14. The van der Waals surface area contributed by atoms with Crippen molar-refractivity contribution in [1.29, 1.82) is 0 Å². The molecule has 1 saturated heterocycles. The standard InChI is InChI=1S/C18H24N4S/c19-18(22-12-6-1-2-7-13-22)20-11-10-16-14-23-17(21-16)15-8-4-3-5-9-15/h3-5,8-9,14H,1-2,6-7,10-13H2,(H2,19,20). The van der Waals surface area contributed by atoms with Crippen LogP contribution in [0.15, 0.2) is 40.7 Å². The Balaban J connectivity index is 1.54. The van der Waals surface area contributed by atoms with Crippen LogP contribution < -0.4 is 5.73 Å². The Bertz CT molecular complexity index is 627. The lowest BCUT2D eigenvalue weighted by Crippen LogP contribution is -2.38. The molecule has 0 atom stereocenters. The Labute approximate surface area is 142 Å². The summed E-state index contributed by atoms with van der Waals surface area (Å²) in [6.07, 6.45) is 5.92. The zero-order chi connectivity index (χ0) is 15.9. The van der Waals surface area contributed by atoms with Gasteiger partial charge in [0.1, 0.15) is 5.01 Å². The topological polar surface area (TPSA) is 54.5 Å². The van der Waals surface area contributed by atoms with E-state index in [1.165, 1.54) is 31.2 Å². The Morgan fingerprint density at radius 1 is 1.13 bits per heavy atom. The summed E-state index contributed by atoms with van der Waals surface area (Å²) in [4.78, 5) is 11.5. The fourth-order valence-corrected chi connectivity index (χ4v) is 3.68. The first-order valence-electron chi connectivity index (χ1n) is 8.37. The second kappa shape index (κ2) is 8.11. The average molecular weight is 328 g/mol. The molecule has 0 spiro atoms. The second-order valence-corrected chi connectivity index (χ2v) is 6.76. The van der Waals surface area contributed by atoms with Crippen molar-refractivity contribution in [3.05, 3.63) is 41.4 Å². The lowest BCUT2D eigenvalue weighted by atomic mass is 10.2. The first-order chi connectivity index (χ1) is 11.3. The summed E-state index contributed by atoms with van der Waals surface area (Å²) in [6.45, 7) is 2.80. The molecule has 0 bridgehead atoms. The van der Waals surface area contributed by atoms with Gasteiger partial charge in [-0.15, -0.1) is 11.3 Å². The predicted octanol–water partition coefficient (Wildman–Crippen LogP) is 3.54. The number of hydrogen-bond donors (Lipinski definition) is 1. The van der Waals surface area contributed by atoms with Gasteiger partial charge in [-0.05, 0) is 12.8 Å². The van der Waals surface area contributed by atoms with Gasteiger partial charge in [0.15, 0.2) is 5.96 Å². The van der Waals surface area contributed by atoms with Crippen LogP contribution in [0, 0.1) is 0 Å². The SMILES string of the molecule is NC(=NCCc1csc(-c2ccccc2)n1)N1CCCCCC1. The highest BCUT2D eigenvalue weighted by molar-refractivity contribution is 7.13. The van der Waals surface area contributed by atoms with Crippen molar-refractivity contribution in [2.24, 2.45) is 10.7 Å². The van der Waals surface area contributed by atoms with E-state index in [2.05, 4.69) is 27.4 Å². The number of rotatable bonds is 4. The molecule has 0 saturated carbocycles. The van der Waals surface area contributed by atoms with Gasteiger partial charge in [0.05, 0.1) is 5.69 Å². The number of likely N-dealkylation sites (tertiary alicyclic amines) is 1. The number of hydrogen-bond acceptors (Lipinski definition) is 3. The number of aromatic nitrogens is 1. The number of nitrogens with zero attached hydrogens (tertiary/aromatic N) is 3. The lowest BCUT2D eigenvalue weighted by Gasteiger charge is -2.20. The molecule has 2 N–H and O–H groups in total. The Morgan fingerprint density at radius 3 is 2.61 bits per heavy atom. The van der Waals surface area contributed by atoms with Gasteiger partial charge in [-0.1, -0.05) is 43.2 Å². The van der Waals surface area contributed by atoms with E-state index in [-0.39, 0.29) is 0 Å². The van der Waals surface area contributed by atoms with Crippen LogP contribution >= 0.6 is 11.3 Å². The Morgan fingerprint density at radius 2 is 1.87 bits per heavy atom. The second-order valence-electron chi connectivity index (χ2n) is 5.90. The lowest BCUT2D eigenvalue weighted by molar-refractivity contribution is 0.428. The normalized spacial score (nSPS) is 16.3. The highest BCUT2D eigenvalue weighted by atomic mass is 32.1. The molecule has 0 unspecified atom stereocenters. The van der Waals surface area contributed by atoms with Crippen molar-refractivity contribution in [2.75, 3.05) is 19.6 Å². The molecule has 4 nitrogen and oxygen atoms in total. The summed E-state index contributed by atoms with van der Waals surface area (Å²) in [7, 11) is 0. The third kappa shape index (κ3) is 4.55. The van der Waals surface area contributed by atoms with Crippen LogP contribution in [0.4, 0.5) is 0 Å². The zero-order valence-electron chi connectivity index (χ0n) is 13.4. The molecule has 0 aliphatic carbocycles. The van der Waals surface area contributed by atoms with Crippen LogP contribution in [0.2, 0.25) is 0 Å². The fraction of sp³-hybridized carbons (Fsp3) is 0.444. The van der Waals surface area contributed by atoms with Gasteiger partial charge in [-0.25, -0.2) is 4.98 Å². The van der Waals surface area contributed by atoms with Crippen LogP contribution in [0.5, 0.6) is 0 Å². The van der Waals surface area contributed by atoms with E-state index in [0.29, 0.717) is 12.5 Å². The van der Waals surface area contributed by atoms with Crippen LogP contribution in [-0.4, -0.2) is 35.5 Å². The summed E-state index contributed by atoms with van der Waals surface area (Å²) < 4.78 is 0. The molecule has 3 rings (SSSR count). The van der Waals surface area contributed by atoms with Gasteiger partial charge in [0.2, 0.25) is 0 Å². The summed E-state index contributed by atoms with van der Waals surface area (Å²) in [5.74, 6) is 0.699. The van der Waals surface area contributed by atoms with Crippen molar-refractivity contribution < 1.29 is 0 Å². The minimum Gasteiger partial charge on any atom is -0.370 e. The number of nitrogens with two attached hydrogens (primary N) is 1. The summed E-state index contributed by atoms with van der Waals surface area (Å²) in [5.41, 5.74) is 8.41. The molecule has 1 aromatic heterocycles. The van der Waals surface area contributed by atoms with Crippen molar-refractivity contribution in [1.82, 2.24) is 9.88 Å². The maximum absolute atomic E-state index is 6.14. The first kappa shape index (κ1) is 16.0. The van der Waals surface area contributed by atoms with E-state index < -0.39 is 0 Å². The maximum Gasteiger partial charge on any atom is 0.191 e. The molecule has 1 aliphatic heterocycles. The monoisotopic (exact) mass is 328 g/mol. The van der Waals surface area contributed by atoms with Crippen molar-refractivity contribution in [2.45, 2.75) is 32.1 Å². The van der Waals surface area contributed by atoms with Gasteiger partial charge < -0.3 is 10.6 Å². The molecular formula is C18H24N4S. The van der Waals surface area contributed by atoms with Crippen LogP contribution in [0.3, 0.4) is 0 Å². The Kier molecular flexibility index (Phi) is 5.64. The van der Waals surface area contributed by atoms with E-state index in [4.69, 9.17) is 10.7 Å². The van der Waals surface area contributed by atoms with E-state index in [9.17, 15) is 0 Å². The predicted molar refractivity (Wildman–Crippen MR) is 97.8 cm³/mol. The van der Waals surface area contributed by atoms with Crippen molar-refractivity contribution >= 4 is 17.3 Å². The Hall–Kier alpha value is -1.88. The molecule has 1 fully saturated rings. The smallest absolute Gasteiger partial charge is 0.191 e. The number of aliphatic imine (C=N–C) groups is 1. The number of benzene rings is 1. The van der Waals surface area contributed by atoms with Crippen LogP contribution in [0.25, 0.3) is 10.6 Å². The molecule has 0 radical (unpaired) electrons. The summed E-state index contributed by atoms with van der Waals surface area (Å²) in [6, 6.07) is 10.3. The highest BCUT2D eigenvalue weighted by Gasteiger charge is 2.10. The number of guanidine groups is 1. The molecule has 0 amide bonds. The van der Waals surface area contributed by atoms with E-state index in [0.717, 1.165) is 30.2 Å². The minimum absolute atomic E-state index is 0.699. The quantitative estimate of drug-likeness (QED) is 0.690. The molecule has 1 aromatic carbocycles. The van der Waals surface area contributed by atoms with Gasteiger partial charge in [-0.2, -0.15) is 0 Å². The fourth-order valence-electron chi connectivity index (χ4n) is 2.82. The van der Waals surface area contributed by atoms with Gasteiger partial charge in [-0.3, -0.25) is 4.99 Å². The molecule has 23 heavy (non-hydrogen) atoms. The maximum atomic E-state index is 6.14. The average Bonchev–Trinajstić information content (AvgIpc) is 2.89. The third-order valence-corrected chi connectivity index (χ3v) is 5.08. The minimum atomic E-state index is 0.699. The van der Waals surface area contributed by atoms with Crippen molar-refractivity contribution in [3.8, 4) is 10.6 Å². The van der Waals surface area contributed by atoms with Gasteiger partial charge in [0, 0.05) is 37.0 Å². The zero-order valence-corrected chi connectivity index (χ0v) is 14.3. The van der Waals surface area contributed by atoms with Gasteiger partial charge in [0.25, 0.3) is 0 Å². The molecule has 1 aliphatic rings. The molecule has 2 heterocycles. The van der Waals surface area contributed by atoms with E-state index >= 15 is 0 Å². The van der Waals surface area contributed by atoms with Crippen molar-refractivity contribution in [3.63, 3.8) is 0 Å². The number of thiazole rings is 1.